The van der Waals surface area contributed by atoms with Crippen molar-refractivity contribution in [2.75, 3.05) is 14.2 Å². The zero-order chi connectivity index (χ0) is 19.3. The lowest BCUT2D eigenvalue weighted by Crippen LogP contribution is -2.44. The van der Waals surface area contributed by atoms with Crippen LogP contribution in [0.15, 0.2) is 41.6 Å². The third-order valence-corrected chi connectivity index (χ3v) is 4.04. The molecule has 1 unspecified atom stereocenters. The third-order valence-electron chi connectivity index (χ3n) is 4.04. The summed E-state index contributed by atoms with van der Waals surface area (Å²) in [6.45, 7) is 0.000714. The molecule has 0 spiro atoms. The Morgan fingerprint density at radius 3 is 2.27 bits per heavy atom. The Bertz CT molecular complexity index is 754. The van der Waals surface area contributed by atoms with E-state index in [4.69, 9.17) is 14.6 Å². The fraction of sp³-hybridized carbons (Fsp3) is 0.333. The van der Waals surface area contributed by atoms with Crippen molar-refractivity contribution < 1.29 is 33.8 Å². The molecule has 1 amide bonds. The Morgan fingerprint density at radius 2 is 1.73 bits per heavy atom. The second-order valence-electron chi connectivity index (χ2n) is 5.72. The van der Waals surface area contributed by atoms with Gasteiger partial charge in [-0.25, -0.2) is 9.59 Å². The van der Waals surface area contributed by atoms with E-state index in [2.05, 4.69) is 0 Å². The van der Waals surface area contributed by atoms with Crippen molar-refractivity contribution in [1.29, 1.82) is 0 Å². The summed E-state index contributed by atoms with van der Waals surface area (Å²) < 4.78 is 9.44. The van der Waals surface area contributed by atoms with Crippen LogP contribution < -0.4 is 0 Å². The molecule has 0 fully saturated rings. The smallest absolute Gasteiger partial charge is 0.355 e. The number of carboxylic acids is 1. The van der Waals surface area contributed by atoms with Crippen molar-refractivity contribution in [3.05, 3.63) is 47.2 Å². The van der Waals surface area contributed by atoms with Gasteiger partial charge in [0.15, 0.2) is 0 Å². The average molecular weight is 361 g/mol. The van der Waals surface area contributed by atoms with E-state index in [1.165, 1.54) is 0 Å². The molecule has 0 aromatic heterocycles. The predicted molar refractivity (Wildman–Crippen MR) is 88.4 cm³/mol. The minimum absolute atomic E-state index is 0.000714. The molecule has 0 aliphatic carbocycles. The molecule has 0 radical (unpaired) electrons. The molecule has 0 saturated heterocycles. The lowest BCUT2D eigenvalue weighted by Gasteiger charge is -2.33. The minimum Gasteiger partial charge on any atom is -0.481 e. The summed E-state index contributed by atoms with van der Waals surface area (Å²) in [5.41, 5.74) is 0.429. The average Bonchev–Trinajstić information content (AvgIpc) is 2.64. The SMILES string of the molecule is COC(=O)C1=C(C(=O)OC)N(Cc2ccccc2)C(=O)C(CC(=O)O)C1. The van der Waals surface area contributed by atoms with Gasteiger partial charge >= 0.3 is 17.9 Å². The summed E-state index contributed by atoms with van der Waals surface area (Å²) in [4.78, 5) is 49.5. The molecule has 8 heteroatoms. The summed E-state index contributed by atoms with van der Waals surface area (Å²) in [5, 5.41) is 9.07. The molecule has 138 valence electrons. The number of nitrogens with zero attached hydrogens (tertiary/aromatic N) is 1. The van der Waals surface area contributed by atoms with Crippen molar-refractivity contribution >= 4 is 23.8 Å². The Hall–Kier alpha value is -3.16. The lowest BCUT2D eigenvalue weighted by atomic mass is 9.88. The number of aliphatic carboxylic acids is 1. The van der Waals surface area contributed by atoms with Crippen molar-refractivity contribution in [3.8, 4) is 0 Å². The Kier molecular flexibility index (Phi) is 6.11. The minimum atomic E-state index is -1.17. The summed E-state index contributed by atoms with van der Waals surface area (Å²) in [6, 6.07) is 8.83. The number of carbonyl (C=O) groups is 4. The molecule has 1 N–H and O–H groups in total. The Labute approximate surface area is 150 Å². The zero-order valence-electron chi connectivity index (χ0n) is 14.4. The van der Waals surface area contributed by atoms with E-state index < -0.39 is 36.2 Å². The van der Waals surface area contributed by atoms with Gasteiger partial charge in [0.2, 0.25) is 5.91 Å². The van der Waals surface area contributed by atoms with Crippen LogP contribution in [0.25, 0.3) is 0 Å². The highest BCUT2D eigenvalue weighted by Crippen LogP contribution is 2.32. The van der Waals surface area contributed by atoms with Gasteiger partial charge < -0.3 is 19.5 Å². The van der Waals surface area contributed by atoms with Gasteiger partial charge in [0.05, 0.1) is 38.7 Å². The van der Waals surface area contributed by atoms with Crippen molar-refractivity contribution in [2.24, 2.45) is 5.92 Å². The van der Waals surface area contributed by atoms with Gasteiger partial charge in [-0.15, -0.1) is 0 Å². The third kappa shape index (κ3) is 4.08. The van der Waals surface area contributed by atoms with Crippen LogP contribution in [0.3, 0.4) is 0 Å². The van der Waals surface area contributed by atoms with Crippen molar-refractivity contribution in [3.63, 3.8) is 0 Å². The molecule has 2 rings (SSSR count). The maximum atomic E-state index is 12.8. The van der Waals surface area contributed by atoms with Crippen LogP contribution in [-0.2, 0) is 35.2 Å². The fourth-order valence-corrected chi connectivity index (χ4v) is 2.85. The number of ether oxygens (including phenoxy) is 2. The molecule has 1 atom stereocenters. The molecule has 1 heterocycles. The van der Waals surface area contributed by atoms with E-state index in [0.717, 1.165) is 19.1 Å². The van der Waals surface area contributed by atoms with Crippen LogP contribution in [0.4, 0.5) is 0 Å². The quantitative estimate of drug-likeness (QED) is 0.756. The largest absolute Gasteiger partial charge is 0.481 e. The number of carbonyl (C=O) groups excluding carboxylic acids is 3. The molecular weight excluding hydrogens is 342 g/mol. The van der Waals surface area contributed by atoms with E-state index in [9.17, 15) is 19.2 Å². The van der Waals surface area contributed by atoms with Gasteiger partial charge in [0.25, 0.3) is 0 Å². The molecule has 8 nitrogen and oxygen atoms in total. The van der Waals surface area contributed by atoms with Crippen LogP contribution in [0, 0.1) is 5.92 Å². The molecule has 1 aromatic carbocycles. The van der Waals surface area contributed by atoms with E-state index in [1.807, 2.05) is 0 Å². The highest BCUT2D eigenvalue weighted by Gasteiger charge is 2.41. The normalized spacial score (nSPS) is 17.1. The lowest BCUT2D eigenvalue weighted by molar-refractivity contribution is -0.150. The number of carboxylic acid groups (broad SMARTS) is 1. The van der Waals surface area contributed by atoms with E-state index in [-0.39, 0.29) is 24.2 Å². The van der Waals surface area contributed by atoms with E-state index >= 15 is 0 Å². The highest BCUT2D eigenvalue weighted by atomic mass is 16.5. The molecule has 1 aromatic rings. The van der Waals surface area contributed by atoms with Gasteiger partial charge in [-0.1, -0.05) is 30.3 Å². The van der Waals surface area contributed by atoms with Crippen LogP contribution in [-0.4, -0.2) is 48.0 Å². The molecule has 0 bridgehead atoms. The van der Waals surface area contributed by atoms with Gasteiger partial charge in [0, 0.05) is 0 Å². The van der Waals surface area contributed by atoms with E-state index in [0.29, 0.717) is 5.56 Å². The van der Waals surface area contributed by atoms with Gasteiger partial charge in [0.1, 0.15) is 5.70 Å². The number of methoxy groups -OCH3 is 2. The van der Waals surface area contributed by atoms with Crippen LogP contribution in [0.2, 0.25) is 0 Å². The topological polar surface area (TPSA) is 110 Å². The monoisotopic (exact) mass is 361 g/mol. The van der Waals surface area contributed by atoms with Crippen LogP contribution in [0.5, 0.6) is 0 Å². The number of hydrogen-bond donors (Lipinski definition) is 1. The molecule has 1 aliphatic heterocycles. The number of hydrogen-bond acceptors (Lipinski definition) is 6. The summed E-state index contributed by atoms with van der Waals surface area (Å²) in [6.07, 6.45) is -0.660. The van der Waals surface area contributed by atoms with Gasteiger partial charge in [-0.2, -0.15) is 0 Å². The highest BCUT2D eigenvalue weighted by molar-refractivity contribution is 6.05. The number of amides is 1. The molecule has 1 aliphatic rings. The van der Waals surface area contributed by atoms with Crippen LogP contribution >= 0.6 is 0 Å². The van der Waals surface area contributed by atoms with Crippen molar-refractivity contribution in [1.82, 2.24) is 4.90 Å². The molecule has 0 saturated carbocycles. The number of rotatable bonds is 6. The Morgan fingerprint density at radius 1 is 1.12 bits per heavy atom. The zero-order valence-corrected chi connectivity index (χ0v) is 14.4. The second-order valence-corrected chi connectivity index (χ2v) is 5.72. The first kappa shape index (κ1) is 19.2. The standard InChI is InChI=1S/C18H19NO7/c1-25-17(23)13-8-12(9-14(20)21)16(22)19(15(13)18(24)26-2)10-11-6-4-3-5-7-11/h3-7,12H,8-10H2,1-2H3,(H,20,21). The number of esters is 2. The van der Waals surface area contributed by atoms with E-state index in [1.54, 1.807) is 30.3 Å². The summed E-state index contributed by atoms with van der Waals surface area (Å²) in [7, 11) is 2.28. The summed E-state index contributed by atoms with van der Waals surface area (Å²) >= 11 is 0. The molecular formula is C18H19NO7. The molecule has 26 heavy (non-hydrogen) atoms. The predicted octanol–water partition coefficient (Wildman–Crippen LogP) is 1.11. The summed E-state index contributed by atoms with van der Waals surface area (Å²) in [5.74, 6) is -4.36. The Balaban J connectivity index is 2.54. The maximum Gasteiger partial charge on any atom is 0.355 e. The first-order valence-electron chi connectivity index (χ1n) is 7.85. The van der Waals surface area contributed by atoms with Crippen LogP contribution in [0.1, 0.15) is 18.4 Å². The second kappa shape index (κ2) is 8.28. The first-order valence-corrected chi connectivity index (χ1v) is 7.85. The maximum absolute atomic E-state index is 12.8. The van der Waals surface area contributed by atoms with Gasteiger partial charge in [-0.3, -0.25) is 9.59 Å². The number of benzene rings is 1. The van der Waals surface area contributed by atoms with Gasteiger partial charge in [-0.05, 0) is 12.0 Å². The van der Waals surface area contributed by atoms with Crippen molar-refractivity contribution in [2.45, 2.75) is 19.4 Å². The first-order chi connectivity index (χ1) is 12.4. The fourth-order valence-electron chi connectivity index (χ4n) is 2.85.